The van der Waals surface area contributed by atoms with Crippen LogP contribution in [0.1, 0.15) is 58.9 Å². The fraction of sp³-hybridized carbons (Fsp3) is 0.370. The van der Waals surface area contributed by atoms with E-state index in [0.29, 0.717) is 24.8 Å². The number of carbonyl (C=O) groups excluding carboxylic acids is 1. The van der Waals surface area contributed by atoms with Gasteiger partial charge < -0.3 is 14.3 Å². The Morgan fingerprint density at radius 3 is 2.06 bits per heavy atom. The Morgan fingerprint density at radius 1 is 0.939 bits per heavy atom. The molecule has 0 aliphatic rings. The first kappa shape index (κ1) is 24.2. The number of ketones is 1. The van der Waals surface area contributed by atoms with Crippen molar-refractivity contribution in [3.63, 3.8) is 0 Å². The number of unbranched alkanes of at least 4 members (excludes halogenated alkanes) is 2. The number of aromatic nitrogens is 2. The molecule has 1 aromatic heterocycles. The van der Waals surface area contributed by atoms with E-state index in [0.717, 1.165) is 36.1 Å². The predicted octanol–water partition coefficient (Wildman–Crippen LogP) is 6.67. The number of allylic oxidation sites excluding steroid dienone is 2. The molecule has 6 nitrogen and oxygen atoms in total. The van der Waals surface area contributed by atoms with Gasteiger partial charge in [-0.2, -0.15) is 0 Å². The fourth-order valence-electron chi connectivity index (χ4n) is 3.34. The zero-order valence-electron chi connectivity index (χ0n) is 19.8. The van der Waals surface area contributed by atoms with Crippen molar-refractivity contribution in [2.45, 2.75) is 58.8 Å². The summed E-state index contributed by atoms with van der Waals surface area (Å²) in [6.45, 7) is 8.57. The molecule has 3 rings (SSSR count). The Kier molecular flexibility index (Phi) is 8.04. The van der Waals surface area contributed by atoms with Crippen LogP contribution >= 0.6 is 0 Å². The highest BCUT2D eigenvalue weighted by atomic mass is 16.5. The Labute approximate surface area is 195 Å². The molecule has 0 aliphatic heterocycles. The van der Waals surface area contributed by atoms with Crippen LogP contribution in [0.5, 0.6) is 5.75 Å². The monoisotopic (exact) mass is 448 g/mol. The Morgan fingerprint density at radius 2 is 1.52 bits per heavy atom. The molecule has 0 saturated carbocycles. The first-order chi connectivity index (χ1) is 15.7. The Balaban J connectivity index is 1.49. The predicted molar refractivity (Wildman–Crippen MR) is 129 cm³/mol. The molecule has 0 amide bonds. The van der Waals surface area contributed by atoms with Gasteiger partial charge in [-0.3, -0.25) is 4.79 Å². The van der Waals surface area contributed by atoms with Crippen LogP contribution in [0.4, 0.5) is 0 Å². The van der Waals surface area contributed by atoms with E-state index in [1.165, 1.54) is 18.6 Å². The first-order valence-corrected chi connectivity index (χ1v) is 11.3. The zero-order valence-corrected chi connectivity index (χ0v) is 19.8. The molecular weight excluding hydrogens is 416 g/mol. The molecule has 33 heavy (non-hydrogen) atoms. The van der Waals surface area contributed by atoms with E-state index in [2.05, 4.69) is 43.1 Å². The quantitative estimate of drug-likeness (QED) is 0.212. The molecule has 1 N–H and O–H groups in total. The van der Waals surface area contributed by atoms with E-state index in [9.17, 15) is 9.90 Å². The molecule has 2 aromatic carbocycles. The Bertz CT molecular complexity index is 1070. The van der Waals surface area contributed by atoms with Crippen LogP contribution in [0.2, 0.25) is 0 Å². The minimum absolute atomic E-state index is 0.0962. The highest BCUT2D eigenvalue weighted by Gasteiger charge is 2.15. The number of hydrogen-bond acceptors (Lipinski definition) is 6. The van der Waals surface area contributed by atoms with Gasteiger partial charge in [0.1, 0.15) is 5.75 Å². The minimum Gasteiger partial charge on any atom is -0.512 e. The molecule has 0 radical (unpaired) electrons. The van der Waals surface area contributed by atoms with Crippen LogP contribution in [0.25, 0.3) is 22.9 Å². The van der Waals surface area contributed by atoms with E-state index in [1.54, 1.807) is 0 Å². The lowest BCUT2D eigenvalue weighted by Gasteiger charge is -2.18. The maximum Gasteiger partial charge on any atom is 0.248 e. The maximum absolute atomic E-state index is 10.9. The van der Waals surface area contributed by atoms with Crippen molar-refractivity contribution in [1.82, 2.24) is 10.2 Å². The lowest BCUT2D eigenvalue weighted by Crippen LogP contribution is -2.10. The summed E-state index contributed by atoms with van der Waals surface area (Å²) < 4.78 is 11.7. The summed E-state index contributed by atoms with van der Waals surface area (Å²) in [6.07, 6.45) is 4.39. The summed E-state index contributed by atoms with van der Waals surface area (Å²) in [5, 5.41) is 18.0. The summed E-state index contributed by atoms with van der Waals surface area (Å²) in [4.78, 5) is 10.9. The molecule has 174 valence electrons. The smallest absolute Gasteiger partial charge is 0.248 e. The highest BCUT2D eigenvalue weighted by Crippen LogP contribution is 2.28. The third-order valence-electron chi connectivity index (χ3n) is 5.24. The molecule has 0 bridgehead atoms. The number of ether oxygens (including phenoxy) is 1. The Hall–Kier alpha value is -3.41. The molecule has 0 spiro atoms. The second-order valence-corrected chi connectivity index (χ2v) is 9.17. The molecule has 6 heteroatoms. The van der Waals surface area contributed by atoms with Crippen LogP contribution in [0.3, 0.4) is 0 Å². The van der Waals surface area contributed by atoms with Gasteiger partial charge >= 0.3 is 0 Å². The lowest BCUT2D eigenvalue weighted by atomic mass is 9.87. The van der Waals surface area contributed by atoms with Crippen molar-refractivity contribution >= 4 is 5.78 Å². The summed E-state index contributed by atoms with van der Waals surface area (Å²) in [5.41, 5.74) is 3.08. The third-order valence-corrected chi connectivity index (χ3v) is 5.24. The van der Waals surface area contributed by atoms with E-state index in [-0.39, 0.29) is 17.0 Å². The first-order valence-electron chi connectivity index (χ1n) is 11.3. The van der Waals surface area contributed by atoms with Gasteiger partial charge in [0.2, 0.25) is 11.8 Å². The average Bonchev–Trinajstić information content (AvgIpc) is 3.26. The van der Waals surface area contributed by atoms with Crippen molar-refractivity contribution in [2.24, 2.45) is 0 Å². The van der Waals surface area contributed by atoms with Crippen LogP contribution in [-0.4, -0.2) is 27.7 Å². The SMILES string of the molecule is CC(=O)/C=C(\O)CCCCCOc1ccc(-c2nnc(-c3ccc(C(C)(C)C)cc3)o2)cc1. The van der Waals surface area contributed by atoms with Crippen LogP contribution in [0, 0.1) is 0 Å². The van der Waals surface area contributed by atoms with E-state index >= 15 is 0 Å². The summed E-state index contributed by atoms with van der Waals surface area (Å²) >= 11 is 0. The lowest BCUT2D eigenvalue weighted by molar-refractivity contribution is -0.112. The summed E-state index contributed by atoms with van der Waals surface area (Å²) in [5.74, 6) is 1.75. The highest BCUT2D eigenvalue weighted by molar-refractivity contribution is 5.87. The van der Waals surface area contributed by atoms with Crippen molar-refractivity contribution in [3.8, 4) is 28.7 Å². The van der Waals surface area contributed by atoms with E-state index < -0.39 is 0 Å². The molecule has 0 aliphatic carbocycles. The topological polar surface area (TPSA) is 85.5 Å². The maximum atomic E-state index is 10.9. The standard InChI is InChI=1S/C27H32N2O4/c1-19(30)18-23(31)8-6-5-7-17-32-24-15-11-21(12-16-24)26-29-28-25(33-26)20-9-13-22(14-10-20)27(2,3)4/h9-16,18,31H,5-8,17H2,1-4H3/b23-18-. The number of rotatable bonds is 10. The molecular formula is C27H32N2O4. The van der Waals surface area contributed by atoms with Gasteiger partial charge in [-0.05, 0) is 73.6 Å². The third kappa shape index (κ3) is 7.31. The number of carbonyl (C=O) groups is 1. The van der Waals surface area contributed by atoms with Gasteiger partial charge in [0, 0.05) is 23.6 Å². The van der Waals surface area contributed by atoms with Gasteiger partial charge in [0.15, 0.2) is 5.78 Å². The van der Waals surface area contributed by atoms with Crippen LogP contribution < -0.4 is 4.74 Å². The molecule has 0 unspecified atom stereocenters. The van der Waals surface area contributed by atoms with Crippen LogP contribution in [0.15, 0.2) is 64.8 Å². The molecule has 3 aromatic rings. The number of benzene rings is 2. The van der Waals surface area contributed by atoms with Crippen molar-refractivity contribution in [3.05, 3.63) is 65.9 Å². The number of hydrogen-bond donors (Lipinski definition) is 1. The normalized spacial score (nSPS) is 12.1. The number of nitrogens with zero attached hydrogens (tertiary/aromatic N) is 2. The second kappa shape index (κ2) is 10.9. The molecule has 0 saturated heterocycles. The number of aliphatic hydroxyl groups is 1. The van der Waals surface area contributed by atoms with E-state index in [1.807, 2.05) is 36.4 Å². The molecule has 0 atom stereocenters. The fourth-order valence-corrected chi connectivity index (χ4v) is 3.34. The zero-order chi connectivity index (χ0) is 23.8. The van der Waals surface area contributed by atoms with Crippen molar-refractivity contribution < 1.29 is 19.1 Å². The van der Waals surface area contributed by atoms with Gasteiger partial charge in [0.05, 0.1) is 12.4 Å². The van der Waals surface area contributed by atoms with Gasteiger partial charge in [-0.25, -0.2) is 0 Å². The number of aliphatic hydroxyl groups excluding tert-OH is 1. The van der Waals surface area contributed by atoms with Gasteiger partial charge in [-0.15, -0.1) is 10.2 Å². The second-order valence-electron chi connectivity index (χ2n) is 9.17. The minimum atomic E-state index is -0.134. The average molecular weight is 449 g/mol. The largest absolute Gasteiger partial charge is 0.512 e. The van der Waals surface area contributed by atoms with Crippen LogP contribution in [-0.2, 0) is 10.2 Å². The summed E-state index contributed by atoms with van der Waals surface area (Å²) in [7, 11) is 0. The molecule has 0 fully saturated rings. The van der Waals surface area contributed by atoms with Crippen molar-refractivity contribution in [1.29, 1.82) is 0 Å². The summed E-state index contributed by atoms with van der Waals surface area (Å²) in [6, 6.07) is 15.8. The van der Waals surface area contributed by atoms with E-state index in [4.69, 9.17) is 9.15 Å². The van der Waals surface area contributed by atoms with Gasteiger partial charge in [0.25, 0.3) is 0 Å². The van der Waals surface area contributed by atoms with Gasteiger partial charge in [-0.1, -0.05) is 32.9 Å². The van der Waals surface area contributed by atoms with Crippen molar-refractivity contribution in [2.75, 3.05) is 6.61 Å². The molecule has 1 heterocycles.